The highest BCUT2D eigenvalue weighted by Crippen LogP contribution is 2.22. The summed E-state index contributed by atoms with van der Waals surface area (Å²) in [6.07, 6.45) is 2.48. The van der Waals surface area contributed by atoms with Gasteiger partial charge in [-0.25, -0.2) is 5.43 Å². The Bertz CT molecular complexity index is 715. The molecule has 126 valence electrons. The van der Waals surface area contributed by atoms with Crippen LogP contribution in [0.15, 0.2) is 52.0 Å². The summed E-state index contributed by atoms with van der Waals surface area (Å²) in [4.78, 5) is 12.1. The van der Waals surface area contributed by atoms with Crippen LogP contribution < -0.4 is 14.9 Å². The average Bonchev–Trinajstić information content (AvgIpc) is 2.61. The maximum Gasteiger partial charge on any atom is 0.271 e. The molecule has 0 unspecified atom stereocenters. The SMILES string of the molecule is CCCOc1ccc(Br)cc1/C=N/NC(=O)c1ccc(OC)cc1. The number of nitrogens with zero attached hydrogens (tertiary/aromatic N) is 1. The molecule has 24 heavy (non-hydrogen) atoms. The summed E-state index contributed by atoms with van der Waals surface area (Å²) in [6.45, 7) is 2.67. The minimum absolute atomic E-state index is 0.292. The second-order valence-corrected chi connectivity index (χ2v) is 5.87. The van der Waals surface area contributed by atoms with E-state index in [0.717, 1.165) is 22.2 Å². The lowest BCUT2D eigenvalue weighted by Gasteiger charge is -2.08. The van der Waals surface area contributed by atoms with Crippen molar-refractivity contribution < 1.29 is 14.3 Å². The van der Waals surface area contributed by atoms with E-state index in [4.69, 9.17) is 9.47 Å². The van der Waals surface area contributed by atoms with Gasteiger partial charge in [0.05, 0.1) is 19.9 Å². The second kappa shape index (κ2) is 9.08. The Morgan fingerprint density at radius 1 is 1.25 bits per heavy atom. The van der Waals surface area contributed by atoms with Gasteiger partial charge < -0.3 is 9.47 Å². The van der Waals surface area contributed by atoms with Gasteiger partial charge in [0.1, 0.15) is 11.5 Å². The number of hydrogen-bond donors (Lipinski definition) is 1. The summed E-state index contributed by atoms with van der Waals surface area (Å²) < 4.78 is 11.6. The molecule has 0 aliphatic heterocycles. The zero-order valence-electron chi connectivity index (χ0n) is 13.6. The molecule has 0 heterocycles. The molecule has 0 bridgehead atoms. The summed E-state index contributed by atoms with van der Waals surface area (Å²) in [6, 6.07) is 12.5. The van der Waals surface area contributed by atoms with Crippen LogP contribution in [0.4, 0.5) is 0 Å². The van der Waals surface area contributed by atoms with Crippen molar-refractivity contribution in [2.45, 2.75) is 13.3 Å². The molecule has 0 fully saturated rings. The van der Waals surface area contributed by atoms with Crippen LogP contribution in [0, 0.1) is 0 Å². The molecule has 2 aromatic rings. The van der Waals surface area contributed by atoms with Crippen molar-refractivity contribution >= 4 is 28.1 Å². The highest BCUT2D eigenvalue weighted by Gasteiger charge is 2.05. The number of benzene rings is 2. The predicted octanol–water partition coefficient (Wildman–Crippen LogP) is 4.01. The van der Waals surface area contributed by atoms with E-state index in [2.05, 4.69) is 26.5 Å². The third-order valence-electron chi connectivity index (χ3n) is 3.16. The van der Waals surface area contributed by atoms with Gasteiger partial charge in [-0.3, -0.25) is 4.79 Å². The van der Waals surface area contributed by atoms with Crippen LogP contribution in [0.3, 0.4) is 0 Å². The summed E-state index contributed by atoms with van der Waals surface area (Å²) >= 11 is 3.42. The highest BCUT2D eigenvalue weighted by atomic mass is 79.9. The predicted molar refractivity (Wildman–Crippen MR) is 98.0 cm³/mol. The lowest BCUT2D eigenvalue weighted by molar-refractivity contribution is 0.0955. The minimum atomic E-state index is -0.292. The van der Waals surface area contributed by atoms with E-state index in [0.29, 0.717) is 17.9 Å². The molecule has 6 heteroatoms. The first-order valence-electron chi connectivity index (χ1n) is 7.54. The lowest BCUT2D eigenvalue weighted by atomic mass is 10.2. The topological polar surface area (TPSA) is 59.9 Å². The Kier molecular flexibility index (Phi) is 6.81. The van der Waals surface area contributed by atoms with Crippen LogP contribution in [-0.2, 0) is 0 Å². The molecule has 2 rings (SSSR count). The molecule has 0 aromatic heterocycles. The van der Waals surface area contributed by atoms with Crippen molar-refractivity contribution in [1.82, 2.24) is 5.43 Å². The lowest BCUT2D eigenvalue weighted by Crippen LogP contribution is -2.17. The number of rotatable bonds is 7. The third-order valence-corrected chi connectivity index (χ3v) is 3.65. The van der Waals surface area contributed by atoms with Crippen LogP contribution in [0.25, 0.3) is 0 Å². The van der Waals surface area contributed by atoms with Gasteiger partial charge in [-0.15, -0.1) is 0 Å². The van der Waals surface area contributed by atoms with E-state index in [1.54, 1.807) is 37.6 Å². The van der Waals surface area contributed by atoms with E-state index in [-0.39, 0.29) is 5.91 Å². The minimum Gasteiger partial charge on any atom is -0.497 e. The van der Waals surface area contributed by atoms with Crippen molar-refractivity contribution in [1.29, 1.82) is 0 Å². The number of ether oxygens (including phenoxy) is 2. The smallest absolute Gasteiger partial charge is 0.271 e. The summed E-state index contributed by atoms with van der Waals surface area (Å²) in [5, 5.41) is 4.01. The highest BCUT2D eigenvalue weighted by molar-refractivity contribution is 9.10. The Hall–Kier alpha value is -2.34. The number of carbonyl (C=O) groups excluding carboxylic acids is 1. The zero-order chi connectivity index (χ0) is 17.4. The molecular weight excluding hydrogens is 372 g/mol. The number of methoxy groups -OCH3 is 1. The number of halogens is 1. The fraction of sp³-hybridized carbons (Fsp3) is 0.222. The Labute approximate surface area is 149 Å². The molecule has 2 aromatic carbocycles. The van der Waals surface area contributed by atoms with Gasteiger partial charge in [0.15, 0.2) is 0 Å². The first kappa shape index (κ1) is 18.0. The van der Waals surface area contributed by atoms with Crippen molar-refractivity contribution in [3.63, 3.8) is 0 Å². The molecule has 0 radical (unpaired) electrons. The number of carbonyl (C=O) groups is 1. The van der Waals surface area contributed by atoms with Gasteiger partial charge in [-0.2, -0.15) is 5.10 Å². The van der Waals surface area contributed by atoms with Crippen molar-refractivity contribution in [2.75, 3.05) is 13.7 Å². The maximum absolute atomic E-state index is 12.1. The quantitative estimate of drug-likeness (QED) is 0.573. The van der Waals surface area contributed by atoms with Gasteiger partial charge in [0, 0.05) is 15.6 Å². The van der Waals surface area contributed by atoms with Gasteiger partial charge in [0.2, 0.25) is 0 Å². The first-order chi connectivity index (χ1) is 11.6. The normalized spacial score (nSPS) is 10.6. The van der Waals surface area contributed by atoms with Gasteiger partial charge >= 0.3 is 0 Å². The molecule has 0 atom stereocenters. The summed E-state index contributed by atoms with van der Waals surface area (Å²) in [7, 11) is 1.58. The molecular formula is C18H19BrN2O3. The van der Waals surface area contributed by atoms with Crippen LogP contribution in [0.5, 0.6) is 11.5 Å². The van der Waals surface area contributed by atoms with Crippen LogP contribution in [0.1, 0.15) is 29.3 Å². The molecule has 0 spiro atoms. The Balaban J connectivity index is 2.04. The molecule has 0 saturated heterocycles. The molecule has 1 amide bonds. The fourth-order valence-corrected chi connectivity index (χ4v) is 2.31. The van der Waals surface area contributed by atoms with Gasteiger partial charge in [-0.05, 0) is 48.9 Å². The largest absolute Gasteiger partial charge is 0.497 e. The summed E-state index contributed by atoms with van der Waals surface area (Å²) in [5.41, 5.74) is 3.80. The molecule has 5 nitrogen and oxygen atoms in total. The maximum atomic E-state index is 12.1. The second-order valence-electron chi connectivity index (χ2n) is 4.96. The van der Waals surface area contributed by atoms with Gasteiger partial charge in [0.25, 0.3) is 5.91 Å². The van der Waals surface area contributed by atoms with E-state index in [1.807, 2.05) is 25.1 Å². The Morgan fingerprint density at radius 3 is 2.67 bits per heavy atom. The average molecular weight is 391 g/mol. The molecule has 0 saturated carbocycles. The van der Waals surface area contributed by atoms with E-state index < -0.39 is 0 Å². The number of nitrogens with one attached hydrogen (secondary N) is 1. The fourth-order valence-electron chi connectivity index (χ4n) is 1.93. The van der Waals surface area contributed by atoms with Crippen molar-refractivity contribution in [3.8, 4) is 11.5 Å². The number of hydrogen-bond acceptors (Lipinski definition) is 4. The standard InChI is InChI=1S/C18H19BrN2O3/c1-3-10-24-17-9-6-15(19)11-14(17)12-20-21-18(22)13-4-7-16(23-2)8-5-13/h4-9,11-12H,3,10H2,1-2H3,(H,21,22)/b20-12+. The number of amides is 1. The van der Waals surface area contributed by atoms with E-state index in [9.17, 15) is 4.79 Å². The molecule has 1 N–H and O–H groups in total. The van der Waals surface area contributed by atoms with Crippen LogP contribution >= 0.6 is 15.9 Å². The van der Waals surface area contributed by atoms with Crippen LogP contribution in [-0.4, -0.2) is 25.8 Å². The first-order valence-corrected chi connectivity index (χ1v) is 8.33. The van der Waals surface area contributed by atoms with Crippen molar-refractivity contribution in [3.05, 3.63) is 58.1 Å². The molecule has 0 aliphatic carbocycles. The van der Waals surface area contributed by atoms with E-state index in [1.165, 1.54) is 0 Å². The monoisotopic (exact) mass is 390 g/mol. The van der Waals surface area contributed by atoms with E-state index >= 15 is 0 Å². The summed E-state index contributed by atoms with van der Waals surface area (Å²) in [5.74, 6) is 1.13. The Morgan fingerprint density at radius 2 is 2.00 bits per heavy atom. The number of hydrazone groups is 1. The molecule has 0 aliphatic rings. The van der Waals surface area contributed by atoms with Crippen molar-refractivity contribution in [2.24, 2.45) is 5.10 Å². The van der Waals surface area contributed by atoms with Crippen LogP contribution in [0.2, 0.25) is 0 Å². The zero-order valence-corrected chi connectivity index (χ0v) is 15.2. The third kappa shape index (κ3) is 5.09. The van der Waals surface area contributed by atoms with Gasteiger partial charge in [-0.1, -0.05) is 22.9 Å².